The van der Waals surface area contributed by atoms with Gasteiger partial charge in [0.25, 0.3) is 5.69 Å². The fourth-order valence-corrected chi connectivity index (χ4v) is 4.24. The Morgan fingerprint density at radius 3 is 2.30 bits per heavy atom. The lowest BCUT2D eigenvalue weighted by molar-refractivity contribution is -0.384. The predicted octanol–water partition coefficient (Wildman–Crippen LogP) is 4.92. The van der Waals surface area contributed by atoms with Gasteiger partial charge >= 0.3 is 0 Å². The van der Waals surface area contributed by atoms with Gasteiger partial charge < -0.3 is 19.0 Å². The van der Waals surface area contributed by atoms with Gasteiger partial charge in [-0.25, -0.2) is 0 Å². The molecule has 8 heteroatoms. The van der Waals surface area contributed by atoms with E-state index in [1.807, 2.05) is 6.07 Å². The molecule has 1 saturated heterocycles. The van der Waals surface area contributed by atoms with E-state index >= 15 is 0 Å². The van der Waals surface area contributed by atoms with Crippen molar-refractivity contribution in [1.82, 2.24) is 4.90 Å². The summed E-state index contributed by atoms with van der Waals surface area (Å²) >= 11 is 0. The van der Waals surface area contributed by atoms with Crippen LogP contribution in [0, 0.1) is 10.1 Å². The van der Waals surface area contributed by atoms with Crippen molar-refractivity contribution in [3.63, 3.8) is 0 Å². The number of rotatable bonds is 10. The fraction of sp³-hybridized carbons (Fsp3) is 0.727. The van der Waals surface area contributed by atoms with Crippen LogP contribution >= 0.6 is 0 Å². The van der Waals surface area contributed by atoms with E-state index in [4.69, 9.17) is 9.16 Å². The molecule has 2 rings (SSSR count). The second-order valence-electron chi connectivity index (χ2n) is 9.72. The molecular formula is C22H39N3O4Si. The standard InChI is InChI=1S/C22H39N3O4Si/c1-22(2,3)30(5,6)29-17-9-7-8-16-28-21-18-19(25(26)27)10-11-20(21)24-14-12-23(4)13-15-24/h10-11,18H,7-9,12-17H2,1-6H3. The van der Waals surface area contributed by atoms with Crippen LogP contribution in [0.1, 0.15) is 40.0 Å². The van der Waals surface area contributed by atoms with Crippen LogP contribution in [0.4, 0.5) is 11.4 Å². The molecular weight excluding hydrogens is 398 g/mol. The molecule has 0 saturated carbocycles. The number of ether oxygens (including phenoxy) is 1. The molecule has 170 valence electrons. The third kappa shape index (κ3) is 6.96. The molecule has 0 unspecified atom stereocenters. The molecule has 0 aromatic heterocycles. The number of piperazine rings is 1. The topological polar surface area (TPSA) is 68.1 Å². The Bertz CT molecular complexity index is 698. The molecule has 0 radical (unpaired) electrons. The number of hydrogen-bond donors (Lipinski definition) is 0. The van der Waals surface area contributed by atoms with Gasteiger partial charge in [0.2, 0.25) is 0 Å². The minimum absolute atomic E-state index is 0.0747. The number of nitro groups is 1. The monoisotopic (exact) mass is 437 g/mol. The van der Waals surface area contributed by atoms with Gasteiger partial charge in [0.05, 0.1) is 23.3 Å². The largest absolute Gasteiger partial charge is 0.491 e. The van der Waals surface area contributed by atoms with E-state index in [0.29, 0.717) is 12.4 Å². The minimum Gasteiger partial charge on any atom is -0.491 e. The zero-order chi connectivity index (χ0) is 22.4. The van der Waals surface area contributed by atoms with Crippen LogP contribution < -0.4 is 9.64 Å². The molecule has 0 aliphatic carbocycles. The van der Waals surface area contributed by atoms with Crippen LogP contribution in [0.3, 0.4) is 0 Å². The van der Waals surface area contributed by atoms with E-state index in [9.17, 15) is 10.1 Å². The van der Waals surface area contributed by atoms with Crippen molar-refractivity contribution >= 4 is 19.7 Å². The van der Waals surface area contributed by atoms with Crippen LogP contribution in [-0.2, 0) is 4.43 Å². The van der Waals surface area contributed by atoms with E-state index in [1.54, 1.807) is 12.1 Å². The SMILES string of the molecule is CN1CCN(c2ccc([N+](=O)[O-])cc2OCCCCCO[Si](C)(C)C(C)(C)C)CC1. The highest BCUT2D eigenvalue weighted by atomic mass is 28.4. The lowest BCUT2D eigenvalue weighted by Gasteiger charge is -2.36. The predicted molar refractivity (Wildman–Crippen MR) is 125 cm³/mol. The number of nitro benzene ring substituents is 1. The third-order valence-corrected chi connectivity index (χ3v) is 10.9. The molecule has 1 aromatic rings. The molecule has 1 aromatic carbocycles. The molecule has 1 heterocycles. The molecule has 1 aliphatic heterocycles. The van der Waals surface area contributed by atoms with Gasteiger partial charge in [0.15, 0.2) is 8.32 Å². The van der Waals surface area contributed by atoms with Crippen LogP contribution in [0.25, 0.3) is 0 Å². The Labute approximate surface area is 182 Å². The number of likely N-dealkylation sites (N-methyl/N-ethyl adjacent to an activating group) is 1. The van der Waals surface area contributed by atoms with Gasteiger partial charge in [-0.3, -0.25) is 10.1 Å². The first-order valence-electron chi connectivity index (χ1n) is 11.0. The number of hydrogen-bond acceptors (Lipinski definition) is 6. The second-order valence-corrected chi connectivity index (χ2v) is 14.5. The summed E-state index contributed by atoms with van der Waals surface area (Å²) in [7, 11) is 0.432. The summed E-state index contributed by atoms with van der Waals surface area (Å²) in [5, 5.41) is 11.4. The van der Waals surface area contributed by atoms with Crippen LogP contribution in [0.15, 0.2) is 18.2 Å². The zero-order valence-corrected chi connectivity index (χ0v) is 20.6. The van der Waals surface area contributed by atoms with Crippen molar-refractivity contribution in [1.29, 1.82) is 0 Å². The van der Waals surface area contributed by atoms with Crippen molar-refractivity contribution in [2.45, 2.75) is 58.2 Å². The van der Waals surface area contributed by atoms with Crippen molar-refractivity contribution in [3.8, 4) is 5.75 Å². The highest BCUT2D eigenvalue weighted by Gasteiger charge is 2.36. The highest BCUT2D eigenvalue weighted by Crippen LogP contribution is 2.36. The van der Waals surface area contributed by atoms with Crippen LogP contribution in [0.5, 0.6) is 5.75 Å². The first kappa shape index (κ1) is 24.6. The van der Waals surface area contributed by atoms with E-state index in [2.05, 4.69) is 50.7 Å². The van der Waals surface area contributed by atoms with Crippen LogP contribution in [0.2, 0.25) is 18.1 Å². The lowest BCUT2D eigenvalue weighted by Crippen LogP contribution is -2.44. The Morgan fingerprint density at radius 1 is 1.07 bits per heavy atom. The Kier molecular flexibility index (Phi) is 8.69. The van der Waals surface area contributed by atoms with Crippen molar-refractivity contribution in [2.75, 3.05) is 51.3 Å². The van der Waals surface area contributed by atoms with Crippen molar-refractivity contribution in [3.05, 3.63) is 28.3 Å². The summed E-state index contributed by atoms with van der Waals surface area (Å²) in [6, 6.07) is 4.96. The molecule has 30 heavy (non-hydrogen) atoms. The Hall–Kier alpha value is -1.64. The molecule has 0 atom stereocenters. The van der Waals surface area contributed by atoms with Crippen molar-refractivity contribution < 1.29 is 14.1 Å². The smallest absolute Gasteiger partial charge is 0.273 e. The number of anilines is 1. The average Bonchev–Trinajstić information content (AvgIpc) is 2.67. The average molecular weight is 438 g/mol. The maximum absolute atomic E-state index is 11.2. The Morgan fingerprint density at radius 2 is 1.70 bits per heavy atom. The highest BCUT2D eigenvalue weighted by molar-refractivity contribution is 6.74. The molecule has 0 spiro atoms. The summed E-state index contributed by atoms with van der Waals surface area (Å²) in [5.74, 6) is 0.617. The summed E-state index contributed by atoms with van der Waals surface area (Å²) in [6.07, 6.45) is 2.94. The maximum Gasteiger partial charge on any atom is 0.273 e. The number of nitrogens with zero attached hydrogens (tertiary/aromatic N) is 3. The Balaban J connectivity index is 1.85. The quantitative estimate of drug-likeness (QED) is 0.224. The van der Waals surface area contributed by atoms with E-state index in [0.717, 1.165) is 57.7 Å². The molecule has 0 N–H and O–H groups in total. The van der Waals surface area contributed by atoms with E-state index in [1.165, 1.54) is 0 Å². The number of non-ortho nitro benzene ring substituents is 1. The molecule has 1 aliphatic rings. The number of benzene rings is 1. The van der Waals surface area contributed by atoms with E-state index < -0.39 is 8.32 Å². The van der Waals surface area contributed by atoms with Gasteiger partial charge in [0.1, 0.15) is 5.75 Å². The van der Waals surface area contributed by atoms with E-state index in [-0.39, 0.29) is 15.6 Å². The minimum atomic E-state index is -1.68. The third-order valence-electron chi connectivity index (χ3n) is 6.31. The first-order chi connectivity index (χ1) is 14.0. The van der Waals surface area contributed by atoms with Gasteiger partial charge in [-0.2, -0.15) is 0 Å². The zero-order valence-electron chi connectivity index (χ0n) is 19.6. The molecule has 0 bridgehead atoms. The fourth-order valence-electron chi connectivity index (χ4n) is 3.15. The van der Waals surface area contributed by atoms with Crippen molar-refractivity contribution in [2.24, 2.45) is 0 Å². The van der Waals surface area contributed by atoms with Gasteiger partial charge in [0, 0.05) is 38.9 Å². The number of unbranched alkanes of at least 4 members (excludes halogenated alkanes) is 2. The normalized spacial score (nSPS) is 16.0. The lowest BCUT2D eigenvalue weighted by atomic mass is 10.2. The molecule has 7 nitrogen and oxygen atoms in total. The summed E-state index contributed by atoms with van der Waals surface area (Å²) < 4.78 is 12.2. The summed E-state index contributed by atoms with van der Waals surface area (Å²) in [4.78, 5) is 15.4. The van der Waals surface area contributed by atoms with Gasteiger partial charge in [-0.05, 0) is 50.5 Å². The first-order valence-corrected chi connectivity index (χ1v) is 13.9. The maximum atomic E-state index is 11.2. The van der Waals surface area contributed by atoms with Gasteiger partial charge in [-0.15, -0.1) is 0 Å². The summed E-state index contributed by atoms with van der Waals surface area (Å²) in [6.45, 7) is 16.4. The summed E-state index contributed by atoms with van der Waals surface area (Å²) in [5.41, 5.74) is 1.03. The van der Waals surface area contributed by atoms with Crippen LogP contribution in [-0.4, -0.2) is 64.6 Å². The molecule has 0 amide bonds. The molecule has 1 fully saturated rings. The second kappa shape index (κ2) is 10.6. The van der Waals surface area contributed by atoms with Gasteiger partial charge in [-0.1, -0.05) is 20.8 Å².